The second-order valence-corrected chi connectivity index (χ2v) is 5.03. The highest BCUT2D eigenvalue weighted by Crippen LogP contribution is 2.27. The van der Waals surface area contributed by atoms with Crippen LogP contribution in [0, 0.1) is 6.92 Å². The van der Waals surface area contributed by atoms with Gasteiger partial charge in [-0.1, -0.05) is 12.1 Å². The third-order valence-electron chi connectivity index (χ3n) is 3.67. The molecule has 3 rings (SSSR count). The second kappa shape index (κ2) is 6.22. The predicted octanol–water partition coefficient (Wildman–Crippen LogP) is 3.13. The molecule has 0 aliphatic carbocycles. The van der Waals surface area contributed by atoms with Crippen LogP contribution in [0.15, 0.2) is 30.6 Å². The first kappa shape index (κ1) is 14.1. The Hall–Kier alpha value is -1.32. The average Bonchev–Trinajstić information content (AvgIpc) is 2.40. The number of hydrogen-bond donors (Lipinski definition) is 2. The van der Waals surface area contributed by atoms with Crippen molar-refractivity contribution in [3.05, 3.63) is 36.2 Å². The Labute approximate surface area is 120 Å². The van der Waals surface area contributed by atoms with Crippen molar-refractivity contribution in [2.75, 3.05) is 18.4 Å². The lowest BCUT2D eigenvalue weighted by atomic mass is 10.0. The quantitative estimate of drug-likeness (QED) is 0.886. The Morgan fingerprint density at radius 3 is 2.79 bits per heavy atom. The standard InChI is InChI=1S/C15H19N3.ClH/c1-11-9-17-10-12-3-2-4-14(15(11)12)18-13-5-7-16-8-6-13;/h2-4,9-10,13,16,18H,5-8H2,1H3;1H. The molecule has 1 aliphatic rings. The van der Waals surface area contributed by atoms with Crippen LogP contribution in [-0.2, 0) is 0 Å². The maximum Gasteiger partial charge on any atom is 0.0425 e. The molecular weight excluding hydrogens is 258 g/mol. The molecule has 0 atom stereocenters. The van der Waals surface area contributed by atoms with E-state index in [0.29, 0.717) is 6.04 Å². The Balaban J connectivity index is 0.00000133. The van der Waals surface area contributed by atoms with Gasteiger partial charge in [0.25, 0.3) is 0 Å². The highest BCUT2D eigenvalue weighted by atomic mass is 35.5. The van der Waals surface area contributed by atoms with Crippen LogP contribution in [0.2, 0.25) is 0 Å². The van der Waals surface area contributed by atoms with Crippen molar-refractivity contribution in [1.82, 2.24) is 10.3 Å². The van der Waals surface area contributed by atoms with Crippen LogP contribution in [0.5, 0.6) is 0 Å². The normalized spacial score (nSPS) is 16.1. The number of hydrogen-bond acceptors (Lipinski definition) is 3. The summed E-state index contributed by atoms with van der Waals surface area (Å²) < 4.78 is 0. The zero-order valence-electron chi connectivity index (χ0n) is 11.1. The first-order chi connectivity index (χ1) is 8.84. The zero-order valence-corrected chi connectivity index (χ0v) is 12.0. The smallest absolute Gasteiger partial charge is 0.0425 e. The number of halogens is 1. The average molecular weight is 278 g/mol. The third-order valence-corrected chi connectivity index (χ3v) is 3.67. The summed E-state index contributed by atoms with van der Waals surface area (Å²) in [4.78, 5) is 4.26. The molecule has 1 aliphatic heterocycles. The summed E-state index contributed by atoms with van der Waals surface area (Å²) in [5, 5.41) is 9.62. The van der Waals surface area contributed by atoms with Crippen molar-refractivity contribution in [3.63, 3.8) is 0 Å². The lowest BCUT2D eigenvalue weighted by molar-refractivity contribution is 0.479. The molecule has 19 heavy (non-hydrogen) atoms. The topological polar surface area (TPSA) is 37.0 Å². The molecule has 0 bridgehead atoms. The molecule has 2 N–H and O–H groups in total. The molecule has 1 aromatic carbocycles. The summed E-state index contributed by atoms with van der Waals surface area (Å²) in [7, 11) is 0. The monoisotopic (exact) mass is 277 g/mol. The van der Waals surface area contributed by atoms with E-state index in [0.717, 1.165) is 13.1 Å². The summed E-state index contributed by atoms with van der Waals surface area (Å²) in [5.74, 6) is 0. The fourth-order valence-corrected chi connectivity index (χ4v) is 2.72. The molecule has 4 heteroatoms. The van der Waals surface area contributed by atoms with Gasteiger partial charge in [-0.25, -0.2) is 0 Å². The van der Waals surface area contributed by atoms with Gasteiger partial charge < -0.3 is 10.6 Å². The summed E-state index contributed by atoms with van der Waals surface area (Å²) in [5.41, 5.74) is 2.49. The predicted molar refractivity (Wildman–Crippen MR) is 83.2 cm³/mol. The van der Waals surface area contributed by atoms with E-state index in [1.807, 2.05) is 12.4 Å². The number of anilines is 1. The molecule has 2 heterocycles. The Bertz CT molecular complexity index is 545. The number of aromatic nitrogens is 1. The highest BCUT2D eigenvalue weighted by Gasteiger charge is 2.14. The van der Waals surface area contributed by atoms with E-state index in [1.54, 1.807) is 0 Å². The van der Waals surface area contributed by atoms with E-state index in [2.05, 4.69) is 40.7 Å². The number of pyridine rings is 1. The van der Waals surface area contributed by atoms with E-state index in [-0.39, 0.29) is 12.4 Å². The van der Waals surface area contributed by atoms with E-state index in [9.17, 15) is 0 Å². The van der Waals surface area contributed by atoms with Crippen LogP contribution in [0.4, 0.5) is 5.69 Å². The molecule has 0 unspecified atom stereocenters. The van der Waals surface area contributed by atoms with Gasteiger partial charge in [0.15, 0.2) is 0 Å². The Morgan fingerprint density at radius 1 is 1.21 bits per heavy atom. The van der Waals surface area contributed by atoms with Gasteiger partial charge in [0.2, 0.25) is 0 Å². The summed E-state index contributed by atoms with van der Waals surface area (Å²) in [6, 6.07) is 7.00. The Kier molecular flexibility index (Phi) is 4.61. The van der Waals surface area contributed by atoms with Crippen molar-refractivity contribution in [1.29, 1.82) is 0 Å². The highest BCUT2D eigenvalue weighted by molar-refractivity contribution is 5.95. The van der Waals surface area contributed by atoms with Gasteiger partial charge in [-0.2, -0.15) is 0 Å². The number of fused-ring (bicyclic) bond motifs is 1. The maximum absolute atomic E-state index is 4.26. The summed E-state index contributed by atoms with van der Waals surface area (Å²) >= 11 is 0. The van der Waals surface area contributed by atoms with E-state index >= 15 is 0 Å². The number of rotatable bonds is 2. The second-order valence-electron chi connectivity index (χ2n) is 5.03. The molecular formula is C15H20ClN3. The molecule has 3 nitrogen and oxygen atoms in total. The van der Waals surface area contributed by atoms with Crippen molar-refractivity contribution < 1.29 is 0 Å². The van der Waals surface area contributed by atoms with Gasteiger partial charge in [-0.15, -0.1) is 12.4 Å². The minimum atomic E-state index is 0. The Morgan fingerprint density at radius 2 is 2.00 bits per heavy atom. The molecule has 0 radical (unpaired) electrons. The van der Waals surface area contributed by atoms with Crippen molar-refractivity contribution in [2.45, 2.75) is 25.8 Å². The number of piperidine rings is 1. The number of nitrogens with zero attached hydrogens (tertiary/aromatic N) is 1. The third kappa shape index (κ3) is 2.99. The largest absolute Gasteiger partial charge is 0.382 e. The van der Waals surface area contributed by atoms with Crippen molar-refractivity contribution in [3.8, 4) is 0 Å². The number of nitrogens with one attached hydrogen (secondary N) is 2. The van der Waals surface area contributed by atoms with Crippen LogP contribution < -0.4 is 10.6 Å². The first-order valence-electron chi connectivity index (χ1n) is 6.65. The van der Waals surface area contributed by atoms with Gasteiger partial charge in [0, 0.05) is 34.9 Å². The van der Waals surface area contributed by atoms with Crippen LogP contribution in [-0.4, -0.2) is 24.1 Å². The molecule has 1 saturated heterocycles. The van der Waals surface area contributed by atoms with Crippen LogP contribution >= 0.6 is 12.4 Å². The summed E-state index contributed by atoms with van der Waals surface area (Å²) in [6.45, 7) is 4.36. The van der Waals surface area contributed by atoms with Crippen LogP contribution in [0.1, 0.15) is 18.4 Å². The van der Waals surface area contributed by atoms with Gasteiger partial charge in [0.05, 0.1) is 0 Å². The fraction of sp³-hybridized carbons (Fsp3) is 0.400. The molecule has 1 fully saturated rings. The van der Waals surface area contributed by atoms with E-state index in [4.69, 9.17) is 0 Å². The number of benzene rings is 1. The lowest BCUT2D eigenvalue weighted by Crippen LogP contribution is -2.35. The summed E-state index contributed by atoms with van der Waals surface area (Å²) in [6.07, 6.45) is 6.27. The van der Waals surface area contributed by atoms with Crippen LogP contribution in [0.25, 0.3) is 10.8 Å². The van der Waals surface area contributed by atoms with E-state index in [1.165, 1.54) is 34.9 Å². The van der Waals surface area contributed by atoms with Gasteiger partial charge >= 0.3 is 0 Å². The molecule has 0 amide bonds. The molecule has 102 valence electrons. The van der Waals surface area contributed by atoms with Crippen molar-refractivity contribution in [2.24, 2.45) is 0 Å². The fourth-order valence-electron chi connectivity index (χ4n) is 2.72. The van der Waals surface area contributed by atoms with Gasteiger partial charge in [0.1, 0.15) is 0 Å². The molecule has 2 aromatic rings. The van der Waals surface area contributed by atoms with E-state index < -0.39 is 0 Å². The molecule has 0 saturated carbocycles. The minimum absolute atomic E-state index is 0. The molecule has 0 spiro atoms. The SMILES string of the molecule is Cc1cncc2cccc(NC3CCNCC3)c12.Cl. The minimum Gasteiger partial charge on any atom is -0.382 e. The first-order valence-corrected chi connectivity index (χ1v) is 6.65. The number of aryl methyl sites for hydroxylation is 1. The van der Waals surface area contributed by atoms with Crippen LogP contribution in [0.3, 0.4) is 0 Å². The van der Waals surface area contributed by atoms with Crippen molar-refractivity contribution >= 4 is 28.9 Å². The lowest BCUT2D eigenvalue weighted by Gasteiger charge is -2.25. The zero-order chi connectivity index (χ0) is 12.4. The van der Waals surface area contributed by atoms with Gasteiger partial charge in [-0.3, -0.25) is 4.98 Å². The molecule has 1 aromatic heterocycles. The maximum atomic E-state index is 4.26. The van der Waals surface area contributed by atoms with Gasteiger partial charge in [-0.05, 0) is 44.5 Å².